The number of pyridine rings is 1. The summed E-state index contributed by atoms with van der Waals surface area (Å²) in [4.78, 5) is 6.49. The predicted octanol–water partition coefficient (Wildman–Crippen LogP) is 1.89. The molecule has 0 amide bonds. The zero-order chi connectivity index (χ0) is 10.8. The maximum atomic E-state index is 5.82. The lowest BCUT2D eigenvalue weighted by Gasteiger charge is -2.31. The average molecular weight is 193 g/mol. The smallest absolute Gasteiger partial charge is 0.0772 e. The summed E-state index contributed by atoms with van der Waals surface area (Å²) in [7, 11) is 2.08. The van der Waals surface area contributed by atoms with E-state index < -0.39 is 0 Å². The van der Waals surface area contributed by atoms with Crippen molar-refractivity contribution in [3.8, 4) is 0 Å². The van der Waals surface area contributed by atoms with Gasteiger partial charge in [0, 0.05) is 18.3 Å². The molecule has 0 aromatic carbocycles. The van der Waals surface area contributed by atoms with Crippen LogP contribution in [0.3, 0.4) is 0 Å². The predicted molar refractivity (Wildman–Crippen MR) is 59.9 cm³/mol. The Bertz CT molecular complexity index is 302. The summed E-state index contributed by atoms with van der Waals surface area (Å²) in [6, 6.07) is 3.74. The molecule has 1 aromatic heterocycles. The quantitative estimate of drug-likeness (QED) is 0.780. The van der Waals surface area contributed by atoms with Gasteiger partial charge in [0.2, 0.25) is 0 Å². The SMILES string of the molecule is CN(Cc1ncccc1N)C(C)(C)C. The van der Waals surface area contributed by atoms with Crippen LogP contribution in [0.15, 0.2) is 18.3 Å². The first-order chi connectivity index (χ1) is 6.41. The second-order valence-electron chi connectivity index (χ2n) is 4.57. The fourth-order valence-electron chi connectivity index (χ4n) is 1.04. The molecule has 0 aliphatic rings. The Balaban J connectivity index is 2.75. The number of anilines is 1. The molecule has 14 heavy (non-hydrogen) atoms. The molecule has 0 aliphatic carbocycles. The van der Waals surface area contributed by atoms with Crippen LogP contribution in [0.4, 0.5) is 5.69 Å². The van der Waals surface area contributed by atoms with E-state index in [9.17, 15) is 0 Å². The van der Waals surface area contributed by atoms with E-state index in [1.54, 1.807) is 6.20 Å². The second kappa shape index (κ2) is 3.96. The molecular weight excluding hydrogens is 174 g/mol. The molecule has 0 atom stereocenters. The summed E-state index contributed by atoms with van der Waals surface area (Å²) >= 11 is 0. The van der Waals surface area contributed by atoms with Gasteiger partial charge in [-0.15, -0.1) is 0 Å². The molecule has 0 bridgehead atoms. The van der Waals surface area contributed by atoms with E-state index in [1.165, 1.54) is 0 Å². The molecule has 0 fully saturated rings. The molecule has 3 heteroatoms. The van der Waals surface area contributed by atoms with Gasteiger partial charge in [-0.1, -0.05) is 0 Å². The Hall–Kier alpha value is -1.09. The van der Waals surface area contributed by atoms with Crippen LogP contribution in [0.25, 0.3) is 0 Å². The summed E-state index contributed by atoms with van der Waals surface area (Å²) in [5, 5.41) is 0. The molecule has 0 saturated heterocycles. The minimum absolute atomic E-state index is 0.143. The Labute approximate surface area is 85.9 Å². The van der Waals surface area contributed by atoms with Crippen LogP contribution in [-0.4, -0.2) is 22.5 Å². The third kappa shape index (κ3) is 2.70. The van der Waals surface area contributed by atoms with Crippen molar-refractivity contribution in [2.24, 2.45) is 0 Å². The lowest BCUT2D eigenvalue weighted by atomic mass is 10.1. The first kappa shape index (κ1) is 11.0. The van der Waals surface area contributed by atoms with E-state index in [0.717, 1.165) is 17.9 Å². The van der Waals surface area contributed by atoms with Crippen molar-refractivity contribution < 1.29 is 0 Å². The maximum absolute atomic E-state index is 5.82. The van der Waals surface area contributed by atoms with Crippen LogP contribution in [0.1, 0.15) is 26.5 Å². The molecule has 78 valence electrons. The highest BCUT2D eigenvalue weighted by molar-refractivity contribution is 5.41. The van der Waals surface area contributed by atoms with Gasteiger partial charge in [-0.3, -0.25) is 9.88 Å². The molecule has 2 N–H and O–H groups in total. The molecule has 0 unspecified atom stereocenters. The Morgan fingerprint density at radius 1 is 1.43 bits per heavy atom. The Morgan fingerprint density at radius 3 is 2.57 bits per heavy atom. The topological polar surface area (TPSA) is 42.2 Å². The van der Waals surface area contributed by atoms with Crippen molar-refractivity contribution in [1.29, 1.82) is 0 Å². The molecule has 3 nitrogen and oxygen atoms in total. The van der Waals surface area contributed by atoms with E-state index in [4.69, 9.17) is 5.73 Å². The molecule has 1 heterocycles. The average Bonchev–Trinajstić information content (AvgIpc) is 2.07. The second-order valence-corrected chi connectivity index (χ2v) is 4.57. The van der Waals surface area contributed by atoms with E-state index in [1.807, 2.05) is 12.1 Å². The highest BCUT2D eigenvalue weighted by Gasteiger charge is 2.17. The number of nitrogens with zero attached hydrogens (tertiary/aromatic N) is 2. The molecule has 1 aromatic rings. The van der Waals surface area contributed by atoms with Crippen molar-refractivity contribution in [2.75, 3.05) is 12.8 Å². The largest absolute Gasteiger partial charge is 0.397 e. The van der Waals surface area contributed by atoms with E-state index in [-0.39, 0.29) is 5.54 Å². The van der Waals surface area contributed by atoms with Crippen LogP contribution < -0.4 is 5.73 Å². The number of rotatable bonds is 2. The zero-order valence-corrected chi connectivity index (χ0v) is 9.41. The third-order valence-corrected chi connectivity index (χ3v) is 2.46. The van der Waals surface area contributed by atoms with Crippen molar-refractivity contribution in [1.82, 2.24) is 9.88 Å². The number of aromatic nitrogens is 1. The summed E-state index contributed by atoms with van der Waals surface area (Å²) < 4.78 is 0. The fraction of sp³-hybridized carbons (Fsp3) is 0.545. The highest BCUT2D eigenvalue weighted by Crippen LogP contribution is 2.16. The van der Waals surface area contributed by atoms with E-state index >= 15 is 0 Å². The zero-order valence-electron chi connectivity index (χ0n) is 9.41. The minimum Gasteiger partial charge on any atom is -0.397 e. The number of hydrogen-bond acceptors (Lipinski definition) is 3. The van der Waals surface area contributed by atoms with Gasteiger partial charge in [-0.25, -0.2) is 0 Å². The van der Waals surface area contributed by atoms with Gasteiger partial charge in [0.25, 0.3) is 0 Å². The third-order valence-electron chi connectivity index (χ3n) is 2.46. The van der Waals surface area contributed by atoms with Crippen LogP contribution in [0.2, 0.25) is 0 Å². The number of nitrogens with two attached hydrogens (primary N) is 1. The molecule has 0 radical (unpaired) electrons. The van der Waals surface area contributed by atoms with Gasteiger partial charge >= 0.3 is 0 Å². The highest BCUT2D eigenvalue weighted by atomic mass is 15.2. The van der Waals surface area contributed by atoms with E-state index in [2.05, 4.69) is 37.7 Å². The van der Waals surface area contributed by atoms with Gasteiger partial charge < -0.3 is 5.73 Å². The Kier molecular flexibility index (Phi) is 3.11. The molecule has 0 saturated carbocycles. The van der Waals surface area contributed by atoms with Crippen LogP contribution >= 0.6 is 0 Å². The van der Waals surface area contributed by atoms with Gasteiger partial charge in [-0.05, 0) is 40.0 Å². The van der Waals surface area contributed by atoms with Gasteiger partial charge in [0.15, 0.2) is 0 Å². The summed E-state index contributed by atoms with van der Waals surface area (Å²) in [6.07, 6.45) is 1.78. The van der Waals surface area contributed by atoms with Crippen LogP contribution in [0, 0.1) is 0 Å². The summed E-state index contributed by atoms with van der Waals surface area (Å²) in [5.41, 5.74) is 7.68. The monoisotopic (exact) mass is 193 g/mol. The van der Waals surface area contributed by atoms with E-state index in [0.29, 0.717) is 0 Å². The first-order valence-corrected chi connectivity index (χ1v) is 4.82. The first-order valence-electron chi connectivity index (χ1n) is 4.82. The molecular formula is C11H19N3. The normalized spacial score (nSPS) is 12.1. The molecule has 1 rings (SSSR count). The lowest BCUT2D eigenvalue weighted by Crippen LogP contribution is -2.37. The van der Waals surface area contributed by atoms with Gasteiger partial charge in [-0.2, -0.15) is 0 Å². The number of nitrogen functional groups attached to an aromatic ring is 1. The summed E-state index contributed by atoms with van der Waals surface area (Å²) in [5.74, 6) is 0. The van der Waals surface area contributed by atoms with Crippen molar-refractivity contribution in [3.05, 3.63) is 24.0 Å². The molecule has 0 spiro atoms. The van der Waals surface area contributed by atoms with Crippen LogP contribution in [-0.2, 0) is 6.54 Å². The lowest BCUT2D eigenvalue weighted by molar-refractivity contribution is 0.166. The Morgan fingerprint density at radius 2 is 2.07 bits per heavy atom. The minimum atomic E-state index is 0.143. The van der Waals surface area contributed by atoms with Gasteiger partial charge in [0.1, 0.15) is 0 Å². The fourth-order valence-corrected chi connectivity index (χ4v) is 1.04. The van der Waals surface area contributed by atoms with Crippen molar-refractivity contribution >= 4 is 5.69 Å². The van der Waals surface area contributed by atoms with Crippen molar-refractivity contribution in [3.63, 3.8) is 0 Å². The van der Waals surface area contributed by atoms with Crippen molar-refractivity contribution in [2.45, 2.75) is 32.9 Å². The number of hydrogen-bond donors (Lipinski definition) is 1. The standard InChI is InChI=1S/C11H19N3/c1-11(2,3)14(4)8-10-9(12)6-5-7-13-10/h5-7H,8,12H2,1-4H3. The van der Waals surface area contributed by atoms with Crippen LogP contribution in [0.5, 0.6) is 0 Å². The van der Waals surface area contributed by atoms with Gasteiger partial charge in [0.05, 0.1) is 11.4 Å². The molecule has 0 aliphatic heterocycles. The summed E-state index contributed by atoms with van der Waals surface area (Å²) in [6.45, 7) is 7.31. The maximum Gasteiger partial charge on any atom is 0.0772 e.